The monoisotopic (exact) mass is 425 g/mol. The van der Waals surface area contributed by atoms with E-state index in [1.54, 1.807) is 20.8 Å². The van der Waals surface area contributed by atoms with E-state index in [1.807, 2.05) is 0 Å². The third kappa shape index (κ3) is 6.76. The normalized spacial score (nSPS) is 21.6. The van der Waals surface area contributed by atoms with Gasteiger partial charge in [-0.15, -0.1) is 0 Å². The molecule has 1 aromatic rings. The Balaban J connectivity index is 2.11. The number of ether oxygens (including phenoxy) is 1. The number of carbonyl (C=O) groups is 3. The van der Waals surface area contributed by atoms with Crippen molar-refractivity contribution in [2.24, 2.45) is 5.41 Å². The second-order valence-corrected chi connectivity index (χ2v) is 8.52. The van der Waals surface area contributed by atoms with Crippen molar-refractivity contribution in [1.29, 1.82) is 0 Å². The number of piperidine rings is 1. The van der Waals surface area contributed by atoms with E-state index in [4.69, 9.17) is 4.74 Å². The van der Waals surface area contributed by atoms with Crippen molar-refractivity contribution in [3.05, 3.63) is 35.4 Å². The average Bonchev–Trinajstić information content (AvgIpc) is 2.64. The number of halogens is 2. The molecule has 3 atom stereocenters. The van der Waals surface area contributed by atoms with Crippen molar-refractivity contribution in [1.82, 2.24) is 16.0 Å². The predicted molar refractivity (Wildman–Crippen MR) is 107 cm³/mol. The summed E-state index contributed by atoms with van der Waals surface area (Å²) in [5, 5.41) is 8.78. The fourth-order valence-electron chi connectivity index (χ4n) is 3.09. The maximum absolute atomic E-state index is 13.5. The van der Waals surface area contributed by atoms with Gasteiger partial charge in [-0.25, -0.2) is 8.78 Å². The zero-order valence-corrected chi connectivity index (χ0v) is 17.7. The first-order valence-corrected chi connectivity index (χ1v) is 9.92. The van der Waals surface area contributed by atoms with E-state index in [9.17, 15) is 23.2 Å². The molecule has 0 aliphatic carbocycles. The molecule has 2 rings (SSSR count). The molecule has 1 unspecified atom stereocenters. The quantitative estimate of drug-likeness (QED) is 0.605. The Morgan fingerprint density at radius 3 is 2.50 bits per heavy atom. The highest BCUT2D eigenvalue weighted by Gasteiger charge is 2.36. The third-order valence-corrected chi connectivity index (χ3v) is 4.83. The van der Waals surface area contributed by atoms with Crippen molar-refractivity contribution in [2.45, 2.75) is 58.7 Å². The van der Waals surface area contributed by atoms with Crippen molar-refractivity contribution >= 4 is 17.8 Å². The highest BCUT2D eigenvalue weighted by molar-refractivity contribution is 5.94. The molecule has 30 heavy (non-hydrogen) atoms. The first kappa shape index (κ1) is 23.7. The summed E-state index contributed by atoms with van der Waals surface area (Å²) >= 11 is 0. The van der Waals surface area contributed by atoms with Gasteiger partial charge < -0.3 is 20.7 Å². The van der Waals surface area contributed by atoms with Crippen LogP contribution >= 0.6 is 0 Å². The Morgan fingerprint density at radius 1 is 1.20 bits per heavy atom. The lowest BCUT2D eigenvalue weighted by Gasteiger charge is -2.38. The fourth-order valence-corrected chi connectivity index (χ4v) is 3.09. The molecule has 9 heteroatoms. The number of nitrogens with one attached hydrogen (secondary N) is 3. The van der Waals surface area contributed by atoms with E-state index in [-0.39, 0.29) is 17.5 Å². The molecule has 1 aliphatic heterocycles. The lowest BCUT2D eigenvalue weighted by atomic mass is 9.93. The molecule has 3 N–H and O–H groups in total. The Hall–Kier alpha value is -2.55. The van der Waals surface area contributed by atoms with Gasteiger partial charge in [0.1, 0.15) is 6.10 Å². The van der Waals surface area contributed by atoms with Crippen LogP contribution in [0.1, 0.15) is 50.9 Å². The minimum atomic E-state index is -1.11. The number of esters is 1. The Morgan fingerprint density at radius 2 is 1.90 bits per heavy atom. The molecule has 166 valence electrons. The second kappa shape index (κ2) is 9.97. The molecule has 1 saturated heterocycles. The van der Waals surface area contributed by atoms with E-state index in [2.05, 4.69) is 16.0 Å². The zero-order chi connectivity index (χ0) is 22.5. The summed E-state index contributed by atoms with van der Waals surface area (Å²) in [6.45, 7) is 7.41. The predicted octanol–water partition coefficient (Wildman–Crippen LogP) is 1.91. The van der Waals surface area contributed by atoms with Gasteiger partial charge in [0, 0.05) is 31.6 Å². The summed E-state index contributed by atoms with van der Waals surface area (Å²) in [5.74, 6) is -3.28. The lowest BCUT2D eigenvalue weighted by molar-refractivity contribution is -0.161. The van der Waals surface area contributed by atoms with Gasteiger partial charge in [0.05, 0.1) is 11.5 Å². The summed E-state index contributed by atoms with van der Waals surface area (Å²) in [5.41, 5.74) is -0.736. The topological polar surface area (TPSA) is 96.5 Å². The van der Waals surface area contributed by atoms with Gasteiger partial charge in [-0.2, -0.15) is 0 Å². The molecule has 2 amide bonds. The SMILES string of the molecule is CC(=O)NCCC1C[C@H](NC(=O)c2ccc(F)c(F)c2)[C@@H](OC(=O)C(C)(C)C)CN1. The van der Waals surface area contributed by atoms with Gasteiger partial charge in [-0.3, -0.25) is 14.4 Å². The number of benzene rings is 1. The molecule has 0 saturated carbocycles. The second-order valence-electron chi connectivity index (χ2n) is 8.52. The van der Waals surface area contributed by atoms with Crippen LogP contribution in [0.3, 0.4) is 0 Å². The summed E-state index contributed by atoms with van der Waals surface area (Å²) in [6.07, 6.45) is 0.441. The molecular weight excluding hydrogens is 396 g/mol. The largest absolute Gasteiger partial charge is 0.458 e. The molecule has 1 aromatic carbocycles. The molecule has 1 aliphatic rings. The van der Waals surface area contributed by atoms with E-state index in [0.29, 0.717) is 25.9 Å². The van der Waals surface area contributed by atoms with Crippen molar-refractivity contribution in [3.63, 3.8) is 0 Å². The van der Waals surface area contributed by atoms with E-state index < -0.39 is 41.1 Å². The smallest absolute Gasteiger partial charge is 0.311 e. The molecule has 0 radical (unpaired) electrons. The first-order valence-electron chi connectivity index (χ1n) is 9.92. The van der Waals surface area contributed by atoms with Crippen molar-refractivity contribution in [3.8, 4) is 0 Å². The van der Waals surface area contributed by atoms with Crippen LogP contribution in [0.5, 0.6) is 0 Å². The van der Waals surface area contributed by atoms with Crippen LogP contribution in [0.2, 0.25) is 0 Å². The van der Waals surface area contributed by atoms with Crippen LogP contribution < -0.4 is 16.0 Å². The Bertz CT molecular complexity index is 795. The van der Waals surface area contributed by atoms with Gasteiger partial charge in [-0.1, -0.05) is 0 Å². The van der Waals surface area contributed by atoms with Crippen molar-refractivity contribution in [2.75, 3.05) is 13.1 Å². The Labute approximate surface area is 174 Å². The number of carbonyl (C=O) groups excluding carboxylic acids is 3. The van der Waals surface area contributed by atoms with Crippen LogP contribution in [0.25, 0.3) is 0 Å². The number of hydrogen-bond acceptors (Lipinski definition) is 5. The minimum Gasteiger partial charge on any atom is -0.458 e. The number of amides is 2. The van der Waals surface area contributed by atoms with Crippen LogP contribution in [0.15, 0.2) is 18.2 Å². The van der Waals surface area contributed by atoms with Crippen LogP contribution in [0, 0.1) is 17.0 Å². The van der Waals surface area contributed by atoms with E-state index in [0.717, 1.165) is 12.1 Å². The summed E-state index contributed by atoms with van der Waals surface area (Å²) in [7, 11) is 0. The number of hydrogen-bond donors (Lipinski definition) is 3. The van der Waals surface area contributed by atoms with Gasteiger partial charge in [0.25, 0.3) is 5.91 Å². The first-order chi connectivity index (χ1) is 14.0. The molecule has 1 fully saturated rings. The van der Waals surface area contributed by atoms with Crippen LogP contribution in [-0.4, -0.2) is 49.1 Å². The molecular formula is C21H29F2N3O4. The molecule has 0 bridgehead atoms. The summed E-state index contributed by atoms with van der Waals surface area (Å²) in [4.78, 5) is 36.0. The maximum atomic E-state index is 13.5. The molecule has 0 aromatic heterocycles. The van der Waals surface area contributed by atoms with Crippen LogP contribution in [-0.2, 0) is 14.3 Å². The van der Waals surface area contributed by atoms with Crippen LogP contribution in [0.4, 0.5) is 8.78 Å². The third-order valence-electron chi connectivity index (χ3n) is 4.83. The number of rotatable bonds is 6. The summed E-state index contributed by atoms with van der Waals surface area (Å²) in [6, 6.07) is 2.35. The zero-order valence-electron chi connectivity index (χ0n) is 17.7. The van der Waals surface area contributed by atoms with E-state index >= 15 is 0 Å². The highest BCUT2D eigenvalue weighted by atomic mass is 19.2. The minimum absolute atomic E-state index is 0.0249. The fraction of sp³-hybridized carbons (Fsp3) is 0.571. The van der Waals surface area contributed by atoms with Gasteiger partial charge >= 0.3 is 5.97 Å². The average molecular weight is 425 g/mol. The molecule has 0 spiro atoms. The maximum Gasteiger partial charge on any atom is 0.311 e. The summed E-state index contributed by atoms with van der Waals surface area (Å²) < 4.78 is 32.3. The van der Waals surface area contributed by atoms with E-state index in [1.165, 1.54) is 13.0 Å². The Kier molecular flexibility index (Phi) is 7.89. The molecule has 1 heterocycles. The van der Waals surface area contributed by atoms with Gasteiger partial charge in [0.2, 0.25) is 5.91 Å². The lowest BCUT2D eigenvalue weighted by Crippen LogP contribution is -2.58. The standard InChI is InChI=1S/C21H29F2N3O4/c1-12(27)24-8-7-14-10-17(18(11-25-14)30-20(29)21(2,3)4)26-19(28)13-5-6-15(22)16(23)9-13/h5-6,9,14,17-18,25H,7-8,10-11H2,1-4H3,(H,24,27)(H,26,28)/t14?,17-,18-/m0/s1. The molecule has 7 nitrogen and oxygen atoms in total. The van der Waals surface area contributed by atoms with Gasteiger partial charge in [-0.05, 0) is 51.8 Å². The van der Waals surface area contributed by atoms with Gasteiger partial charge in [0.15, 0.2) is 11.6 Å². The highest BCUT2D eigenvalue weighted by Crippen LogP contribution is 2.21. The van der Waals surface area contributed by atoms with Crippen molar-refractivity contribution < 1.29 is 27.9 Å².